The maximum Gasteiger partial charge on any atom is 0.0572 e. The van der Waals surface area contributed by atoms with E-state index in [9.17, 15) is 0 Å². The third-order valence-corrected chi connectivity index (χ3v) is 4.27. The summed E-state index contributed by atoms with van der Waals surface area (Å²) in [5.74, 6) is 0. The van der Waals surface area contributed by atoms with Crippen molar-refractivity contribution in [1.82, 2.24) is 4.98 Å². The first kappa shape index (κ1) is 14.3. The van der Waals surface area contributed by atoms with Gasteiger partial charge < -0.3 is 10.6 Å². The molecule has 2 N–H and O–H groups in total. The Hall–Kier alpha value is -1.09. The molecule has 2 heterocycles. The second-order valence-electron chi connectivity index (χ2n) is 5.56. The zero-order chi connectivity index (χ0) is 13.7. The minimum atomic E-state index is 0.0696. The smallest absolute Gasteiger partial charge is 0.0572 e. The van der Waals surface area contributed by atoms with E-state index in [1.165, 1.54) is 44.3 Å². The molecule has 2 atom stereocenters. The first-order chi connectivity index (χ1) is 9.26. The van der Waals surface area contributed by atoms with Crippen molar-refractivity contribution in [3.8, 4) is 0 Å². The number of pyridine rings is 1. The van der Waals surface area contributed by atoms with E-state index < -0.39 is 0 Å². The first-order valence-corrected chi connectivity index (χ1v) is 7.74. The normalized spacial score (nSPS) is 22.1. The van der Waals surface area contributed by atoms with Crippen LogP contribution in [0.2, 0.25) is 0 Å². The van der Waals surface area contributed by atoms with E-state index in [1.54, 1.807) is 0 Å². The van der Waals surface area contributed by atoms with Gasteiger partial charge >= 0.3 is 0 Å². The van der Waals surface area contributed by atoms with Crippen LogP contribution in [0.4, 0.5) is 5.69 Å². The van der Waals surface area contributed by atoms with Crippen LogP contribution in [0.15, 0.2) is 18.3 Å². The third kappa shape index (κ3) is 3.47. The maximum absolute atomic E-state index is 6.03. The monoisotopic (exact) mass is 261 g/mol. The largest absolute Gasteiger partial charge is 0.367 e. The fourth-order valence-corrected chi connectivity index (χ4v) is 2.94. The molecule has 0 amide bonds. The van der Waals surface area contributed by atoms with Gasteiger partial charge in [-0.2, -0.15) is 0 Å². The van der Waals surface area contributed by atoms with Crippen molar-refractivity contribution in [3.05, 3.63) is 24.0 Å². The second kappa shape index (κ2) is 6.90. The zero-order valence-electron chi connectivity index (χ0n) is 12.3. The number of rotatable bonds is 4. The van der Waals surface area contributed by atoms with Crippen LogP contribution in [-0.4, -0.2) is 17.6 Å². The van der Waals surface area contributed by atoms with Crippen molar-refractivity contribution in [2.24, 2.45) is 5.73 Å². The summed E-state index contributed by atoms with van der Waals surface area (Å²) in [4.78, 5) is 7.10. The van der Waals surface area contributed by atoms with Crippen molar-refractivity contribution < 1.29 is 0 Å². The number of hydrogen-bond donors (Lipinski definition) is 1. The average molecular weight is 261 g/mol. The lowest BCUT2D eigenvalue weighted by Crippen LogP contribution is -2.34. The van der Waals surface area contributed by atoms with E-state index in [2.05, 4.69) is 35.9 Å². The summed E-state index contributed by atoms with van der Waals surface area (Å²) in [6.07, 6.45) is 9.50. The Bertz CT molecular complexity index is 374. The quantitative estimate of drug-likeness (QED) is 0.899. The van der Waals surface area contributed by atoms with Crippen molar-refractivity contribution in [3.63, 3.8) is 0 Å². The average Bonchev–Trinajstić information content (AvgIpc) is 2.71. The standard InChI is InChI=1S/C16H27N3/c1-3-13-8-6-5-7-11-19(13)14-9-10-16(18-12-14)15(17)4-2/h9-10,12-13,15H,3-8,11,17H2,1-2H3. The molecule has 1 fully saturated rings. The number of nitrogens with zero attached hydrogens (tertiary/aromatic N) is 2. The summed E-state index contributed by atoms with van der Waals surface area (Å²) in [5, 5.41) is 0. The first-order valence-electron chi connectivity index (χ1n) is 7.74. The molecule has 1 aliphatic heterocycles. The Labute approximate surface area is 117 Å². The predicted molar refractivity (Wildman–Crippen MR) is 81.3 cm³/mol. The number of nitrogens with two attached hydrogens (primary N) is 1. The van der Waals surface area contributed by atoms with Gasteiger partial charge in [-0.3, -0.25) is 4.98 Å². The molecule has 0 spiro atoms. The summed E-state index contributed by atoms with van der Waals surface area (Å²) in [5.41, 5.74) is 8.30. The van der Waals surface area contributed by atoms with Crippen LogP contribution < -0.4 is 10.6 Å². The molecule has 1 aliphatic rings. The van der Waals surface area contributed by atoms with Crippen LogP contribution in [0.3, 0.4) is 0 Å². The van der Waals surface area contributed by atoms with Crippen molar-refractivity contribution in [2.75, 3.05) is 11.4 Å². The van der Waals surface area contributed by atoms with E-state index in [0.717, 1.165) is 12.1 Å². The molecule has 1 aromatic heterocycles. The van der Waals surface area contributed by atoms with E-state index in [-0.39, 0.29) is 6.04 Å². The van der Waals surface area contributed by atoms with Gasteiger partial charge in [-0.1, -0.05) is 26.7 Å². The zero-order valence-corrected chi connectivity index (χ0v) is 12.3. The van der Waals surface area contributed by atoms with E-state index in [1.807, 2.05) is 6.20 Å². The van der Waals surface area contributed by atoms with E-state index >= 15 is 0 Å². The van der Waals surface area contributed by atoms with Crippen LogP contribution in [0.5, 0.6) is 0 Å². The highest BCUT2D eigenvalue weighted by molar-refractivity contribution is 5.46. The topological polar surface area (TPSA) is 42.1 Å². The van der Waals surface area contributed by atoms with Crippen molar-refractivity contribution in [1.29, 1.82) is 0 Å². The molecule has 2 unspecified atom stereocenters. The van der Waals surface area contributed by atoms with Gasteiger partial charge in [0.25, 0.3) is 0 Å². The van der Waals surface area contributed by atoms with Crippen LogP contribution in [0.1, 0.15) is 64.1 Å². The number of hydrogen-bond acceptors (Lipinski definition) is 3. The summed E-state index contributed by atoms with van der Waals surface area (Å²) < 4.78 is 0. The van der Waals surface area contributed by atoms with Crippen LogP contribution in [-0.2, 0) is 0 Å². The fourth-order valence-electron chi connectivity index (χ4n) is 2.94. The fraction of sp³-hybridized carbons (Fsp3) is 0.688. The molecule has 19 heavy (non-hydrogen) atoms. The predicted octanol–water partition coefficient (Wildman–Crippen LogP) is 3.65. The molecular formula is C16H27N3. The van der Waals surface area contributed by atoms with E-state index in [0.29, 0.717) is 6.04 Å². The summed E-state index contributed by atoms with van der Waals surface area (Å²) >= 11 is 0. The Kier molecular flexibility index (Phi) is 5.20. The molecule has 0 aliphatic carbocycles. The molecule has 106 valence electrons. The highest BCUT2D eigenvalue weighted by atomic mass is 15.2. The summed E-state index contributed by atoms with van der Waals surface area (Å²) in [6.45, 7) is 5.55. The Balaban J connectivity index is 2.14. The highest BCUT2D eigenvalue weighted by Crippen LogP contribution is 2.26. The van der Waals surface area contributed by atoms with Gasteiger partial charge in [0.15, 0.2) is 0 Å². The van der Waals surface area contributed by atoms with Gasteiger partial charge in [0.05, 0.1) is 17.6 Å². The van der Waals surface area contributed by atoms with Crippen LogP contribution >= 0.6 is 0 Å². The minimum absolute atomic E-state index is 0.0696. The van der Waals surface area contributed by atoms with Gasteiger partial charge in [0.1, 0.15) is 0 Å². The van der Waals surface area contributed by atoms with Gasteiger partial charge in [-0.05, 0) is 37.8 Å². The minimum Gasteiger partial charge on any atom is -0.367 e. The van der Waals surface area contributed by atoms with Gasteiger partial charge in [-0.25, -0.2) is 0 Å². The van der Waals surface area contributed by atoms with Gasteiger partial charge in [0.2, 0.25) is 0 Å². The van der Waals surface area contributed by atoms with Gasteiger partial charge in [0, 0.05) is 18.6 Å². The summed E-state index contributed by atoms with van der Waals surface area (Å²) in [7, 11) is 0. The summed E-state index contributed by atoms with van der Waals surface area (Å²) in [6, 6.07) is 5.04. The van der Waals surface area contributed by atoms with Crippen molar-refractivity contribution >= 4 is 5.69 Å². The van der Waals surface area contributed by atoms with Crippen molar-refractivity contribution in [2.45, 2.75) is 64.5 Å². The maximum atomic E-state index is 6.03. The lowest BCUT2D eigenvalue weighted by molar-refractivity contribution is 0.555. The molecule has 0 radical (unpaired) electrons. The Morgan fingerprint density at radius 1 is 1.32 bits per heavy atom. The molecule has 3 heteroatoms. The van der Waals surface area contributed by atoms with Crippen LogP contribution in [0.25, 0.3) is 0 Å². The molecule has 0 bridgehead atoms. The lowest BCUT2D eigenvalue weighted by atomic mass is 10.1. The van der Waals surface area contributed by atoms with Crippen LogP contribution in [0, 0.1) is 0 Å². The molecule has 0 aromatic carbocycles. The Morgan fingerprint density at radius 3 is 2.79 bits per heavy atom. The molecule has 1 saturated heterocycles. The molecule has 2 rings (SSSR count). The third-order valence-electron chi connectivity index (χ3n) is 4.27. The SMILES string of the molecule is CCC(N)c1ccc(N2CCCCCC2CC)cn1. The van der Waals surface area contributed by atoms with E-state index in [4.69, 9.17) is 5.73 Å². The molecule has 3 nitrogen and oxygen atoms in total. The molecular weight excluding hydrogens is 234 g/mol. The molecule has 0 saturated carbocycles. The second-order valence-corrected chi connectivity index (χ2v) is 5.56. The number of anilines is 1. The number of aromatic nitrogens is 1. The highest BCUT2D eigenvalue weighted by Gasteiger charge is 2.20. The Morgan fingerprint density at radius 2 is 2.16 bits per heavy atom. The molecule has 1 aromatic rings. The lowest BCUT2D eigenvalue weighted by Gasteiger charge is -2.31. The van der Waals surface area contributed by atoms with Gasteiger partial charge in [-0.15, -0.1) is 0 Å².